The number of rotatable bonds is 5. The number of hydrogen-bond donors (Lipinski definition) is 2. The number of hydrogen-bond acceptors (Lipinski definition) is 5. The van der Waals surface area contributed by atoms with Crippen molar-refractivity contribution in [2.45, 2.75) is 13.3 Å². The molecule has 2 aromatic heterocycles. The molecule has 0 spiro atoms. The summed E-state index contributed by atoms with van der Waals surface area (Å²) in [6, 6.07) is 5.82. The zero-order chi connectivity index (χ0) is 15.2. The summed E-state index contributed by atoms with van der Waals surface area (Å²) in [5.74, 6) is 0.783. The minimum atomic E-state index is 0.0753. The summed E-state index contributed by atoms with van der Waals surface area (Å²) in [6.45, 7) is 2.68. The highest BCUT2D eigenvalue weighted by Gasteiger charge is 2.15. The second kappa shape index (κ2) is 6.69. The fraction of sp³-hybridized carbons (Fsp3) is 0.267. The van der Waals surface area contributed by atoms with Crippen LogP contribution in [0.15, 0.2) is 41.9 Å². The zero-order valence-electron chi connectivity index (χ0n) is 12.2. The van der Waals surface area contributed by atoms with Crippen LogP contribution >= 0.6 is 0 Å². The molecular weight excluding hydrogens is 266 g/mol. The average Bonchev–Trinajstić information content (AvgIpc) is 2.52. The monoisotopic (exact) mass is 285 g/mol. The third-order valence-electron chi connectivity index (χ3n) is 3.35. The highest BCUT2D eigenvalue weighted by atomic mass is 16.4. The Balaban J connectivity index is 2.19. The van der Waals surface area contributed by atoms with E-state index >= 15 is 0 Å². The summed E-state index contributed by atoms with van der Waals surface area (Å²) >= 11 is 0. The van der Waals surface area contributed by atoms with Crippen LogP contribution in [0.2, 0.25) is 0 Å². The topological polar surface area (TPSA) is 87.6 Å². The van der Waals surface area contributed by atoms with Gasteiger partial charge in [-0.3, -0.25) is 4.98 Å². The summed E-state index contributed by atoms with van der Waals surface area (Å²) in [6.07, 6.45) is 6.15. The maximum absolute atomic E-state index is 8.94. The molecule has 2 heterocycles. The predicted molar refractivity (Wildman–Crippen MR) is 82.7 cm³/mol. The van der Waals surface area contributed by atoms with E-state index in [2.05, 4.69) is 15.1 Å². The molecule has 0 saturated carbocycles. The molecule has 2 aromatic rings. The van der Waals surface area contributed by atoms with E-state index in [9.17, 15) is 0 Å². The van der Waals surface area contributed by atoms with Crippen LogP contribution in [-0.2, 0) is 6.42 Å². The molecule has 6 heteroatoms. The normalized spacial score (nSPS) is 11.4. The number of anilines is 1. The molecule has 110 valence electrons. The van der Waals surface area contributed by atoms with E-state index in [0.717, 1.165) is 18.5 Å². The summed E-state index contributed by atoms with van der Waals surface area (Å²) in [5, 5.41) is 12.0. The van der Waals surface area contributed by atoms with E-state index in [1.807, 2.05) is 37.1 Å². The minimum Gasteiger partial charge on any atom is -0.409 e. The van der Waals surface area contributed by atoms with E-state index in [1.165, 1.54) is 5.56 Å². The zero-order valence-corrected chi connectivity index (χ0v) is 12.2. The maximum Gasteiger partial charge on any atom is 0.174 e. The van der Waals surface area contributed by atoms with Crippen LogP contribution in [0.1, 0.15) is 16.7 Å². The summed E-state index contributed by atoms with van der Waals surface area (Å²) in [7, 11) is 1.94. The standard InChI is InChI=1S/C15H19N5O/c1-11-3-9-18-15(13(11)14(16)19-21)20(2)10-6-12-4-7-17-8-5-12/h3-5,7-9,21H,6,10H2,1-2H3,(H2,16,19). The Labute approximate surface area is 123 Å². The molecule has 0 amide bonds. The lowest BCUT2D eigenvalue weighted by molar-refractivity contribution is 0.318. The fourth-order valence-electron chi connectivity index (χ4n) is 2.15. The molecule has 0 aliphatic rings. The highest BCUT2D eigenvalue weighted by molar-refractivity contribution is 6.02. The van der Waals surface area contributed by atoms with Crippen molar-refractivity contribution >= 4 is 11.7 Å². The van der Waals surface area contributed by atoms with Crippen LogP contribution in [0.25, 0.3) is 0 Å². The van der Waals surface area contributed by atoms with E-state index < -0.39 is 0 Å². The van der Waals surface area contributed by atoms with Crippen LogP contribution in [0.3, 0.4) is 0 Å². The number of nitrogens with two attached hydrogens (primary N) is 1. The Morgan fingerprint density at radius 1 is 1.29 bits per heavy atom. The van der Waals surface area contributed by atoms with Crippen LogP contribution in [0, 0.1) is 6.92 Å². The van der Waals surface area contributed by atoms with Crippen molar-refractivity contribution in [3.05, 3.63) is 53.5 Å². The van der Waals surface area contributed by atoms with Gasteiger partial charge in [0.25, 0.3) is 0 Å². The first-order chi connectivity index (χ1) is 10.1. The number of likely N-dealkylation sites (N-methyl/N-ethyl adjacent to an activating group) is 1. The Kier molecular flexibility index (Phi) is 4.71. The van der Waals surface area contributed by atoms with E-state index in [-0.39, 0.29) is 5.84 Å². The van der Waals surface area contributed by atoms with Gasteiger partial charge in [-0.2, -0.15) is 0 Å². The van der Waals surface area contributed by atoms with Gasteiger partial charge in [0.15, 0.2) is 5.84 Å². The van der Waals surface area contributed by atoms with Gasteiger partial charge in [0.2, 0.25) is 0 Å². The van der Waals surface area contributed by atoms with Crippen LogP contribution < -0.4 is 10.6 Å². The van der Waals surface area contributed by atoms with Gasteiger partial charge in [0.1, 0.15) is 5.82 Å². The lowest BCUT2D eigenvalue weighted by Crippen LogP contribution is -2.26. The van der Waals surface area contributed by atoms with E-state index in [1.54, 1.807) is 18.6 Å². The molecule has 0 saturated heterocycles. The highest BCUT2D eigenvalue weighted by Crippen LogP contribution is 2.20. The smallest absolute Gasteiger partial charge is 0.174 e. The van der Waals surface area contributed by atoms with Gasteiger partial charge in [-0.05, 0) is 42.7 Å². The Hall–Kier alpha value is -2.63. The molecule has 0 aliphatic carbocycles. The number of aryl methyl sites for hydroxylation is 1. The third-order valence-corrected chi connectivity index (χ3v) is 3.35. The van der Waals surface area contributed by atoms with E-state index in [0.29, 0.717) is 11.4 Å². The van der Waals surface area contributed by atoms with Gasteiger partial charge in [0.05, 0.1) is 5.56 Å². The molecule has 0 aromatic carbocycles. The van der Waals surface area contributed by atoms with Crippen molar-refractivity contribution in [3.8, 4) is 0 Å². The molecule has 0 radical (unpaired) electrons. The number of pyridine rings is 2. The number of aromatic nitrogens is 2. The molecule has 2 rings (SSSR count). The average molecular weight is 285 g/mol. The Bertz CT molecular complexity index is 627. The third kappa shape index (κ3) is 3.47. The molecule has 6 nitrogen and oxygen atoms in total. The van der Waals surface area contributed by atoms with Crippen molar-refractivity contribution in [1.82, 2.24) is 9.97 Å². The minimum absolute atomic E-state index is 0.0753. The lowest BCUT2D eigenvalue weighted by atomic mass is 10.1. The van der Waals surface area contributed by atoms with Gasteiger partial charge in [-0.25, -0.2) is 4.98 Å². The van der Waals surface area contributed by atoms with Gasteiger partial charge < -0.3 is 15.8 Å². The largest absolute Gasteiger partial charge is 0.409 e. The second-order valence-electron chi connectivity index (χ2n) is 4.84. The van der Waals surface area contributed by atoms with Gasteiger partial charge in [-0.1, -0.05) is 5.16 Å². The SMILES string of the molecule is Cc1ccnc(N(C)CCc2ccncc2)c1/C(N)=N/O. The first-order valence-corrected chi connectivity index (χ1v) is 6.67. The number of nitrogens with zero attached hydrogens (tertiary/aromatic N) is 4. The number of oxime groups is 1. The van der Waals surface area contributed by atoms with Crippen molar-refractivity contribution < 1.29 is 5.21 Å². The molecule has 0 atom stereocenters. The summed E-state index contributed by atoms with van der Waals surface area (Å²) < 4.78 is 0. The second-order valence-corrected chi connectivity index (χ2v) is 4.84. The molecule has 0 bridgehead atoms. The van der Waals surface area contributed by atoms with Gasteiger partial charge >= 0.3 is 0 Å². The molecule has 3 N–H and O–H groups in total. The maximum atomic E-state index is 8.94. The fourth-order valence-corrected chi connectivity index (χ4v) is 2.15. The quantitative estimate of drug-likeness (QED) is 0.377. The predicted octanol–water partition coefficient (Wildman–Crippen LogP) is 1.56. The van der Waals surface area contributed by atoms with Crippen molar-refractivity contribution in [3.63, 3.8) is 0 Å². The van der Waals surface area contributed by atoms with Crippen LogP contribution in [-0.4, -0.2) is 34.6 Å². The number of amidine groups is 1. The molecule has 0 unspecified atom stereocenters. The van der Waals surface area contributed by atoms with Crippen LogP contribution in [0.4, 0.5) is 5.82 Å². The van der Waals surface area contributed by atoms with Gasteiger partial charge in [-0.15, -0.1) is 0 Å². The Morgan fingerprint density at radius 3 is 2.67 bits per heavy atom. The van der Waals surface area contributed by atoms with Crippen molar-refractivity contribution in [2.75, 3.05) is 18.5 Å². The molecule has 0 fully saturated rings. The van der Waals surface area contributed by atoms with Crippen molar-refractivity contribution in [1.29, 1.82) is 0 Å². The van der Waals surface area contributed by atoms with Crippen molar-refractivity contribution in [2.24, 2.45) is 10.9 Å². The van der Waals surface area contributed by atoms with Gasteiger partial charge in [0, 0.05) is 32.2 Å². The molecule has 0 aliphatic heterocycles. The first-order valence-electron chi connectivity index (χ1n) is 6.67. The summed E-state index contributed by atoms with van der Waals surface area (Å²) in [4.78, 5) is 10.4. The molecular formula is C15H19N5O. The first kappa shape index (κ1) is 14.8. The molecule has 21 heavy (non-hydrogen) atoms. The van der Waals surface area contributed by atoms with E-state index in [4.69, 9.17) is 10.9 Å². The Morgan fingerprint density at radius 2 is 2.00 bits per heavy atom. The van der Waals surface area contributed by atoms with Crippen LogP contribution in [0.5, 0.6) is 0 Å². The summed E-state index contributed by atoms with van der Waals surface area (Å²) in [5.41, 5.74) is 8.56. The lowest BCUT2D eigenvalue weighted by Gasteiger charge is -2.21.